The molecule has 0 heterocycles. The fourth-order valence-electron chi connectivity index (χ4n) is 2.24. The van der Waals surface area contributed by atoms with Gasteiger partial charge in [0.15, 0.2) is 5.78 Å². The Morgan fingerprint density at radius 1 is 1.17 bits per heavy atom. The lowest BCUT2D eigenvalue weighted by atomic mass is 9.99. The molecular formula is C18H27NO4. The molecule has 1 N–H and O–H groups in total. The molecule has 0 radical (unpaired) electrons. The molecule has 1 unspecified atom stereocenters. The van der Waals surface area contributed by atoms with Gasteiger partial charge < -0.3 is 14.8 Å². The largest absolute Gasteiger partial charge is 0.466 e. The molecular weight excluding hydrogens is 294 g/mol. The van der Waals surface area contributed by atoms with Gasteiger partial charge in [0.2, 0.25) is 0 Å². The molecule has 0 amide bonds. The van der Waals surface area contributed by atoms with E-state index < -0.39 is 6.04 Å². The Hall–Kier alpha value is -1.72. The van der Waals surface area contributed by atoms with Crippen molar-refractivity contribution in [3.8, 4) is 0 Å². The van der Waals surface area contributed by atoms with Gasteiger partial charge in [-0.05, 0) is 31.9 Å². The molecule has 1 atom stereocenters. The van der Waals surface area contributed by atoms with E-state index in [0.29, 0.717) is 25.3 Å². The number of rotatable bonds is 11. The Labute approximate surface area is 138 Å². The summed E-state index contributed by atoms with van der Waals surface area (Å²) in [6.07, 6.45) is 1.74. The summed E-state index contributed by atoms with van der Waals surface area (Å²) >= 11 is 0. The maximum absolute atomic E-state index is 12.6. The third-order valence-corrected chi connectivity index (χ3v) is 3.56. The van der Waals surface area contributed by atoms with E-state index in [1.54, 1.807) is 14.0 Å². The fraction of sp³-hybridized carbons (Fsp3) is 0.556. The highest BCUT2D eigenvalue weighted by atomic mass is 16.5. The average Bonchev–Trinajstić information content (AvgIpc) is 2.57. The minimum absolute atomic E-state index is 0.0369. The Balaban J connectivity index is 2.74. The van der Waals surface area contributed by atoms with E-state index in [1.807, 2.05) is 24.3 Å². The van der Waals surface area contributed by atoms with Crippen LogP contribution in [-0.2, 0) is 20.7 Å². The highest BCUT2D eigenvalue weighted by Crippen LogP contribution is 2.10. The van der Waals surface area contributed by atoms with Gasteiger partial charge in [0.05, 0.1) is 19.1 Å². The number of benzene rings is 1. The molecule has 5 nitrogen and oxygen atoms in total. The van der Waals surface area contributed by atoms with Crippen LogP contribution in [0.1, 0.15) is 42.6 Å². The lowest BCUT2D eigenvalue weighted by Gasteiger charge is -2.17. The maximum Gasteiger partial charge on any atom is 0.307 e. The Morgan fingerprint density at radius 3 is 2.43 bits per heavy atom. The van der Waals surface area contributed by atoms with E-state index in [9.17, 15) is 9.59 Å². The van der Waals surface area contributed by atoms with Crippen molar-refractivity contribution in [2.24, 2.45) is 0 Å². The monoisotopic (exact) mass is 321 g/mol. The predicted octanol–water partition coefficient (Wildman–Crippen LogP) is 2.38. The first-order valence-electron chi connectivity index (χ1n) is 8.13. The third kappa shape index (κ3) is 6.93. The van der Waals surface area contributed by atoms with Crippen LogP contribution < -0.4 is 5.32 Å². The first kappa shape index (κ1) is 19.3. The van der Waals surface area contributed by atoms with Gasteiger partial charge in [-0.1, -0.05) is 31.2 Å². The first-order chi connectivity index (χ1) is 11.1. The van der Waals surface area contributed by atoms with Crippen molar-refractivity contribution in [2.45, 2.75) is 39.2 Å². The molecule has 0 spiro atoms. The number of Topliss-reactive ketones (excluding diaryl/α,β-unsaturated/α-hetero) is 1. The Kier molecular flexibility index (Phi) is 9.17. The van der Waals surface area contributed by atoms with Gasteiger partial charge >= 0.3 is 5.97 Å². The molecule has 23 heavy (non-hydrogen) atoms. The maximum atomic E-state index is 12.6. The number of carbonyl (C=O) groups is 2. The average molecular weight is 321 g/mol. The molecule has 0 aliphatic heterocycles. The fourth-order valence-corrected chi connectivity index (χ4v) is 2.24. The van der Waals surface area contributed by atoms with Crippen LogP contribution in [-0.4, -0.2) is 44.7 Å². The van der Waals surface area contributed by atoms with Gasteiger partial charge in [-0.25, -0.2) is 0 Å². The molecule has 1 rings (SSSR count). The number of aryl methyl sites for hydroxylation is 1. The molecule has 0 saturated heterocycles. The molecule has 128 valence electrons. The van der Waals surface area contributed by atoms with Crippen molar-refractivity contribution in [3.05, 3.63) is 35.4 Å². The van der Waals surface area contributed by atoms with Crippen LogP contribution in [0.4, 0.5) is 0 Å². The van der Waals surface area contributed by atoms with Gasteiger partial charge in [0, 0.05) is 19.3 Å². The minimum Gasteiger partial charge on any atom is -0.466 e. The van der Waals surface area contributed by atoms with Crippen molar-refractivity contribution >= 4 is 11.8 Å². The topological polar surface area (TPSA) is 64.6 Å². The summed E-state index contributed by atoms with van der Waals surface area (Å²) in [6, 6.07) is 6.95. The van der Waals surface area contributed by atoms with E-state index in [0.717, 1.165) is 12.8 Å². The number of nitrogens with one attached hydrogen (secondary N) is 1. The van der Waals surface area contributed by atoms with Crippen LogP contribution >= 0.6 is 0 Å². The molecule has 0 aliphatic rings. The number of carbonyl (C=O) groups excluding carboxylic acids is 2. The number of methoxy groups -OCH3 is 1. The summed E-state index contributed by atoms with van der Waals surface area (Å²) in [5, 5.41) is 3.14. The summed E-state index contributed by atoms with van der Waals surface area (Å²) in [7, 11) is 1.64. The molecule has 0 aromatic heterocycles. The first-order valence-corrected chi connectivity index (χ1v) is 8.13. The lowest BCUT2D eigenvalue weighted by Crippen LogP contribution is -2.39. The smallest absolute Gasteiger partial charge is 0.307 e. The number of ketones is 1. The summed E-state index contributed by atoms with van der Waals surface area (Å²) in [6.45, 7) is 5.35. The van der Waals surface area contributed by atoms with Crippen LogP contribution in [0.2, 0.25) is 0 Å². The highest BCUT2D eigenvalue weighted by Gasteiger charge is 2.23. The zero-order chi connectivity index (χ0) is 17.1. The number of esters is 1. The third-order valence-electron chi connectivity index (χ3n) is 3.56. The van der Waals surface area contributed by atoms with Crippen molar-refractivity contribution < 1.29 is 19.1 Å². The van der Waals surface area contributed by atoms with Gasteiger partial charge in [-0.3, -0.25) is 9.59 Å². The van der Waals surface area contributed by atoms with Crippen molar-refractivity contribution in [2.75, 3.05) is 26.9 Å². The van der Waals surface area contributed by atoms with Crippen LogP contribution in [0.15, 0.2) is 24.3 Å². The SMILES string of the molecule is CCOC(=O)CC(NCCCOC)C(=O)c1ccc(CC)cc1. The Morgan fingerprint density at radius 2 is 1.87 bits per heavy atom. The summed E-state index contributed by atoms with van der Waals surface area (Å²) < 4.78 is 9.96. The van der Waals surface area contributed by atoms with E-state index in [2.05, 4.69) is 12.2 Å². The Bertz CT molecular complexity index is 484. The van der Waals surface area contributed by atoms with Gasteiger partial charge in [0.25, 0.3) is 0 Å². The molecule has 1 aromatic rings. The predicted molar refractivity (Wildman–Crippen MR) is 89.7 cm³/mol. The molecule has 5 heteroatoms. The van der Waals surface area contributed by atoms with E-state index in [4.69, 9.17) is 9.47 Å². The quantitative estimate of drug-likeness (QED) is 0.385. The number of hydrogen-bond donors (Lipinski definition) is 1. The van der Waals surface area contributed by atoms with Crippen molar-refractivity contribution in [1.82, 2.24) is 5.32 Å². The van der Waals surface area contributed by atoms with Crippen molar-refractivity contribution in [3.63, 3.8) is 0 Å². The highest BCUT2D eigenvalue weighted by molar-refractivity contribution is 6.01. The van der Waals surface area contributed by atoms with E-state index in [1.165, 1.54) is 5.56 Å². The summed E-state index contributed by atoms with van der Waals surface area (Å²) in [5.41, 5.74) is 1.78. The zero-order valence-electron chi connectivity index (χ0n) is 14.3. The lowest BCUT2D eigenvalue weighted by molar-refractivity contribution is -0.143. The van der Waals surface area contributed by atoms with Gasteiger partial charge in [-0.2, -0.15) is 0 Å². The standard InChI is InChI=1S/C18H27NO4/c1-4-14-7-9-15(10-8-14)18(21)16(13-17(20)23-5-2)19-11-6-12-22-3/h7-10,16,19H,4-6,11-13H2,1-3H3. The normalized spacial score (nSPS) is 12.0. The second-order valence-electron chi connectivity index (χ2n) is 5.28. The molecule has 1 aromatic carbocycles. The summed E-state index contributed by atoms with van der Waals surface area (Å²) in [4.78, 5) is 24.4. The van der Waals surface area contributed by atoms with Crippen LogP contribution in [0, 0.1) is 0 Å². The molecule has 0 aliphatic carbocycles. The number of hydrogen-bond acceptors (Lipinski definition) is 5. The van der Waals surface area contributed by atoms with E-state index >= 15 is 0 Å². The zero-order valence-corrected chi connectivity index (χ0v) is 14.3. The van der Waals surface area contributed by atoms with Crippen molar-refractivity contribution in [1.29, 1.82) is 0 Å². The van der Waals surface area contributed by atoms with Crippen LogP contribution in [0.5, 0.6) is 0 Å². The van der Waals surface area contributed by atoms with Gasteiger partial charge in [0.1, 0.15) is 0 Å². The second-order valence-corrected chi connectivity index (χ2v) is 5.28. The van der Waals surface area contributed by atoms with E-state index in [-0.39, 0.29) is 18.2 Å². The second kappa shape index (κ2) is 10.9. The number of ether oxygens (including phenoxy) is 2. The van der Waals surface area contributed by atoms with Crippen LogP contribution in [0.3, 0.4) is 0 Å². The summed E-state index contributed by atoms with van der Waals surface area (Å²) in [5.74, 6) is -0.451. The molecule has 0 fully saturated rings. The molecule has 0 bridgehead atoms. The minimum atomic E-state index is -0.571. The van der Waals surface area contributed by atoms with Crippen LogP contribution in [0.25, 0.3) is 0 Å². The molecule has 0 saturated carbocycles. The van der Waals surface area contributed by atoms with Gasteiger partial charge in [-0.15, -0.1) is 0 Å².